The van der Waals surface area contributed by atoms with Gasteiger partial charge in [-0.05, 0) is 42.3 Å². The molecule has 0 saturated carbocycles. The van der Waals surface area contributed by atoms with E-state index in [1.165, 1.54) is 12.1 Å². The topological polar surface area (TPSA) is 90.5 Å². The van der Waals surface area contributed by atoms with Crippen molar-refractivity contribution in [3.05, 3.63) is 70.9 Å². The smallest absolute Gasteiger partial charge is 0.319 e. The fourth-order valence-electron chi connectivity index (χ4n) is 2.89. The molecule has 1 heterocycles. The van der Waals surface area contributed by atoms with E-state index >= 15 is 0 Å². The minimum atomic E-state index is -0.740. The van der Waals surface area contributed by atoms with Crippen molar-refractivity contribution in [3.63, 3.8) is 0 Å². The first-order valence-corrected chi connectivity index (χ1v) is 8.35. The predicted octanol–water partition coefficient (Wildman–Crippen LogP) is 3.48. The van der Waals surface area contributed by atoms with Gasteiger partial charge in [-0.25, -0.2) is 4.79 Å². The molecule has 0 aliphatic carbocycles. The number of hydrogen-bond donors (Lipinski definition) is 4. The molecule has 1 fully saturated rings. The van der Waals surface area contributed by atoms with Gasteiger partial charge >= 0.3 is 6.03 Å². The molecule has 6 nitrogen and oxygen atoms in total. The molecule has 1 aliphatic heterocycles. The zero-order chi connectivity index (χ0) is 18.8. The number of anilines is 1. The van der Waals surface area contributed by atoms with Gasteiger partial charge in [0.15, 0.2) is 0 Å². The summed E-state index contributed by atoms with van der Waals surface area (Å²) in [6, 6.07) is 10.5. The number of phenolic OH excluding ortho intramolecular Hbond substituents is 1. The molecule has 0 aromatic heterocycles. The number of halogens is 1. The van der Waals surface area contributed by atoms with Crippen molar-refractivity contribution in [2.45, 2.75) is 13.0 Å². The van der Waals surface area contributed by atoms with E-state index in [0.717, 1.165) is 5.56 Å². The Balaban J connectivity index is 1.91. The molecule has 3 rings (SSSR count). The maximum absolute atomic E-state index is 12.9. The molecule has 0 spiro atoms. The van der Waals surface area contributed by atoms with E-state index in [1.807, 2.05) is 13.0 Å². The van der Waals surface area contributed by atoms with Gasteiger partial charge in [-0.15, -0.1) is 0 Å². The molecule has 0 radical (unpaired) electrons. The van der Waals surface area contributed by atoms with E-state index in [0.29, 0.717) is 22.0 Å². The van der Waals surface area contributed by atoms with Gasteiger partial charge in [0.25, 0.3) is 0 Å². The second-order valence-electron chi connectivity index (χ2n) is 6.12. The largest absolute Gasteiger partial charge is 0.508 e. The van der Waals surface area contributed by atoms with Crippen molar-refractivity contribution < 1.29 is 14.7 Å². The molecule has 2 atom stereocenters. The van der Waals surface area contributed by atoms with Crippen LogP contribution < -0.4 is 16.0 Å². The van der Waals surface area contributed by atoms with Crippen LogP contribution in [0.4, 0.5) is 10.5 Å². The van der Waals surface area contributed by atoms with Crippen LogP contribution in [0.5, 0.6) is 5.75 Å². The highest BCUT2D eigenvalue weighted by Gasteiger charge is 2.37. The molecule has 0 bridgehead atoms. The lowest BCUT2D eigenvalue weighted by Crippen LogP contribution is -2.51. The van der Waals surface area contributed by atoms with Gasteiger partial charge in [-0.1, -0.05) is 36.4 Å². The van der Waals surface area contributed by atoms with Gasteiger partial charge in [0.2, 0.25) is 5.91 Å². The van der Waals surface area contributed by atoms with Gasteiger partial charge in [-0.3, -0.25) is 4.79 Å². The van der Waals surface area contributed by atoms with Crippen molar-refractivity contribution in [3.8, 4) is 5.75 Å². The van der Waals surface area contributed by atoms with Crippen LogP contribution in [0.1, 0.15) is 17.2 Å². The van der Waals surface area contributed by atoms with Crippen molar-refractivity contribution in [2.75, 3.05) is 5.32 Å². The number of nitrogens with one attached hydrogen (secondary N) is 3. The molecule has 134 valence electrons. The fourth-order valence-corrected chi connectivity index (χ4v) is 3.06. The lowest BCUT2D eigenvalue weighted by atomic mass is 9.88. The summed E-state index contributed by atoms with van der Waals surface area (Å²) in [4.78, 5) is 24.8. The van der Waals surface area contributed by atoms with Crippen LogP contribution in [-0.2, 0) is 4.79 Å². The van der Waals surface area contributed by atoms with Gasteiger partial charge in [-0.2, -0.15) is 0 Å². The number of urea groups is 1. The van der Waals surface area contributed by atoms with Crippen LogP contribution in [0.2, 0.25) is 5.02 Å². The van der Waals surface area contributed by atoms with Crippen LogP contribution in [0, 0.1) is 12.8 Å². The molecular formula is C19H18ClN3O3. The first-order chi connectivity index (χ1) is 12.3. The molecule has 3 amide bonds. The molecule has 26 heavy (non-hydrogen) atoms. The third-order valence-electron chi connectivity index (χ3n) is 4.26. The number of rotatable bonds is 3. The van der Waals surface area contributed by atoms with Crippen LogP contribution >= 0.6 is 11.6 Å². The lowest BCUT2D eigenvalue weighted by molar-refractivity contribution is -0.119. The summed E-state index contributed by atoms with van der Waals surface area (Å²) < 4.78 is 0. The van der Waals surface area contributed by atoms with Crippen molar-refractivity contribution in [1.29, 1.82) is 0 Å². The van der Waals surface area contributed by atoms with Crippen molar-refractivity contribution in [2.24, 2.45) is 5.92 Å². The molecule has 4 N–H and O–H groups in total. The Bertz CT molecular complexity index is 880. The zero-order valence-electron chi connectivity index (χ0n) is 14.0. The van der Waals surface area contributed by atoms with Gasteiger partial charge in [0.05, 0.1) is 6.04 Å². The highest BCUT2D eigenvalue weighted by Crippen LogP contribution is 2.32. The number of phenols is 1. The molecule has 2 aromatic rings. The normalized spacial score (nSPS) is 19.5. The van der Waals surface area contributed by atoms with E-state index < -0.39 is 18.0 Å². The van der Waals surface area contributed by atoms with Gasteiger partial charge < -0.3 is 21.1 Å². The molecule has 1 saturated heterocycles. The number of carbonyl (C=O) groups excluding carboxylic acids is 2. The second-order valence-corrected chi connectivity index (χ2v) is 6.56. The summed E-state index contributed by atoms with van der Waals surface area (Å²) in [5.74, 6) is -0.968. The Morgan fingerprint density at radius 3 is 2.62 bits per heavy atom. The Labute approximate surface area is 155 Å². The third-order valence-corrected chi connectivity index (χ3v) is 4.50. The number of benzene rings is 2. The lowest BCUT2D eigenvalue weighted by Gasteiger charge is -2.34. The zero-order valence-corrected chi connectivity index (χ0v) is 14.8. The van der Waals surface area contributed by atoms with Crippen LogP contribution in [0.3, 0.4) is 0 Å². The SMILES string of the molecule is C=C1NC(=O)N[C@H](c2ccc(O)cc2)[C@H]1C(=O)Nc1cc(Cl)ccc1C. The quantitative estimate of drug-likeness (QED) is 0.665. The molecule has 0 unspecified atom stereocenters. The third kappa shape index (κ3) is 3.65. The number of carbonyl (C=O) groups is 2. The van der Waals surface area contributed by atoms with Crippen LogP contribution in [-0.4, -0.2) is 17.0 Å². The van der Waals surface area contributed by atoms with E-state index in [-0.39, 0.29) is 11.7 Å². The average molecular weight is 372 g/mol. The van der Waals surface area contributed by atoms with E-state index in [2.05, 4.69) is 22.5 Å². The van der Waals surface area contributed by atoms with Gasteiger partial charge in [0.1, 0.15) is 11.7 Å². The Kier molecular flexibility index (Phi) is 4.86. The number of aryl methyl sites for hydroxylation is 1. The summed E-state index contributed by atoms with van der Waals surface area (Å²) in [5.41, 5.74) is 2.43. The highest BCUT2D eigenvalue weighted by molar-refractivity contribution is 6.31. The Morgan fingerprint density at radius 2 is 1.92 bits per heavy atom. The predicted molar refractivity (Wildman–Crippen MR) is 100.0 cm³/mol. The van der Waals surface area contributed by atoms with E-state index in [1.54, 1.807) is 24.3 Å². The summed E-state index contributed by atoms with van der Waals surface area (Å²) in [6.45, 7) is 5.69. The first-order valence-electron chi connectivity index (χ1n) is 7.97. The second kappa shape index (κ2) is 7.09. The van der Waals surface area contributed by atoms with Crippen molar-refractivity contribution >= 4 is 29.2 Å². The molecule has 7 heteroatoms. The number of aromatic hydroxyl groups is 1. The monoisotopic (exact) mass is 371 g/mol. The number of amides is 3. The van der Waals surface area contributed by atoms with Crippen molar-refractivity contribution in [1.82, 2.24) is 10.6 Å². The Hall–Kier alpha value is -2.99. The molecular weight excluding hydrogens is 354 g/mol. The Morgan fingerprint density at radius 1 is 1.23 bits per heavy atom. The first kappa shape index (κ1) is 17.8. The maximum Gasteiger partial charge on any atom is 0.319 e. The summed E-state index contributed by atoms with van der Waals surface area (Å²) in [5, 5.41) is 18.1. The summed E-state index contributed by atoms with van der Waals surface area (Å²) >= 11 is 6.01. The molecule has 1 aliphatic rings. The van der Waals surface area contributed by atoms with E-state index in [4.69, 9.17) is 11.6 Å². The average Bonchev–Trinajstić information content (AvgIpc) is 2.58. The van der Waals surface area contributed by atoms with Gasteiger partial charge in [0, 0.05) is 16.4 Å². The highest BCUT2D eigenvalue weighted by atomic mass is 35.5. The van der Waals surface area contributed by atoms with Crippen LogP contribution in [0.15, 0.2) is 54.7 Å². The summed E-state index contributed by atoms with van der Waals surface area (Å²) in [7, 11) is 0. The minimum Gasteiger partial charge on any atom is -0.508 e. The minimum absolute atomic E-state index is 0.100. The number of hydrogen-bond acceptors (Lipinski definition) is 3. The van der Waals surface area contributed by atoms with E-state index in [9.17, 15) is 14.7 Å². The summed E-state index contributed by atoms with van der Waals surface area (Å²) in [6.07, 6.45) is 0. The van der Waals surface area contributed by atoms with Crippen LogP contribution in [0.25, 0.3) is 0 Å². The fraction of sp³-hybridized carbons (Fsp3) is 0.158. The maximum atomic E-state index is 12.9. The standard InChI is InChI=1S/C19H18ClN3O3/c1-10-3-6-13(20)9-15(10)22-18(25)16-11(2)21-19(26)23-17(16)12-4-7-14(24)8-5-12/h3-9,16-17,24H,2H2,1H3,(H,22,25)(H2,21,23,26)/t16-,17+/m0/s1. The molecule has 2 aromatic carbocycles.